The minimum Gasteiger partial charge on any atom is -0.299 e. The molecule has 2 atom stereocenters. The van der Waals surface area contributed by atoms with E-state index in [2.05, 4.69) is 20.3 Å². The molecule has 0 saturated carbocycles. The highest BCUT2D eigenvalue weighted by molar-refractivity contribution is 6.31. The van der Waals surface area contributed by atoms with Gasteiger partial charge in [-0.1, -0.05) is 11.6 Å². The normalized spacial score (nSPS) is 30.7. The predicted octanol–water partition coefficient (Wildman–Crippen LogP) is -0.244. The van der Waals surface area contributed by atoms with Crippen molar-refractivity contribution >= 4 is 11.6 Å². The van der Waals surface area contributed by atoms with Crippen molar-refractivity contribution in [2.24, 2.45) is 12.9 Å². The lowest BCUT2D eigenvalue weighted by molar-refractivity contribution is -0.00339. The van der Waals surface area contributed by atoms with Gasteiger partial charge in [-0.2, -0.15) is 5.10 Å². The summed E-state index contributed by atoms with van der Waals surface area (Å²) in [6.45, 7) is 7.67. The number of aromatic nitrogens is 2. The molecule has 0 amide bonds. The van der Waals surface area contributed by atoms with Crippen LogP contribution in [0, 0.1) is 6.92 Å². The standard InChI is InChI=1S/C13H23ClN6/c1-9-13(14)11(18(2)17-9)7-10(16-15)12-8-19-3-5-20(12)6-4-19/h10,12,16H,3-8,15H2,1-2H3. The Morgan fingerprint density at radius 2 is 2.10 bits per heavy atom. The predicted molar refractivity (Wildman–Crippen MR) is 79.6 cm³/mol. The summed E-state index contributed by atoms with van der Waals surface area (Å²) in [4.78, 5) is 5.06. The van der Waals surface area contributed by atoms with Gasteiger partial charge in [-0.05, 0) is 6.92 Å². The molecule has 2 bridgehead atoms. The van der Waals surface area contributed by atoms with Gasteiger partial charge in [0.1, 0.15) is 0 Å². The summed E-state index contributed by atoms with van der Waals surface area (Å²) in [5.74, 6) is 5.82. The van der Waals surface area contributed by atoms with Gasteiger partial charge in [-0.3, -0.25) is 25.8 Å². The van der Waals surface area contributed by atoms with Crippen molar-refractivity contribution < 1.29 is 0 Å². The summed E-state index contributed by atoms with van der Waals surface area (Å²) in [6.07, 6.45) is 0.807. The van der Waals surface area contributed by atoms with E-state index in [4.69, 9.17) is 17.4 Å². The molecule has 3 N–H and O–H groups in total. The number of hydrogen-bond acceptors (Lipinski definition) is 5. The van der Waals surface area contributed by atoms with Gasteiger partial charge in [0.15, 0.2) is 0 Å². The molecule has 3 aliphatic heterocycles. The van der Waals surface area contributed by atoms with Crippen molar-refractivity contribution in [2.75, 3.05) is 32.7 Å². The number of halogens is 1. The number of nitrogens with zero attached hydrogens (tertiary/aromatic N) is 4. The van der Waals surface area contributed by atoms with Crippen LogP contribution < -0.4 is 11.3 Å². The van der Waals surface area contributed by atoms with Crippen LogP contribution in [0.15, 0.2) is 0 Å². The SMILES string of the molecule is Cc1nn(C)c(CC(NN)C2CN3CCN2CC3)c1Cl. The third-order valence-electron chi connectivity index (χ3n) is 4.67. The van der Waals surface area contributed by atoms with Crippen molar-refractivity contribution in [3.05, 3.63) is 16.4 Å². The van der Waals surface area contributed by atoms with Gasteiger partial charge in [0.25, 0.3) is 0 Å². The van der Waals surface area contributed by atoms with Crippen LogP contribution in [0.5, 0.6) is 0 Å². The molecule has 7 heteroatoms. The minimum absolute atomic E-state index is 0.199. The first kappa shape index (κ1) is 14.3. The molecule has 20 heavy (non-hydrogen) atoms. The Bertz CT molecular complexity index is 479. The number of hydrogen-bond donors (Lipinski definition) is 2. The van der Waals surface area contributed by atoms with Crippen molar-refractivity contribution in [1.29, 1.82) is 0 Å². The average molecular weight is 299 g/mol. The van der Waals surface area contributed by atoms with E-state index < -0.39 is 0 Å². The fourth-order valence-electron chi connectivity index (χ4n) is 3.46. The Morgan fingerprint density at radius 1 is 1.40 bits per heavy atom. The molecule has 0 radical (unpaired) electrons. The topological polar surface area (TPSA) is 62.4 Å². The van der Waals surface area contributed by atoms with E-state index >= 15 is 0 Å². The number of nitrogens with two attached hydrogens (primary N) is 1. The zero-order valence-corrected chi connectivity index (χ0v) is 12.9. The highest BCUT2D eigenvalue weighted by Crippen LogP contribution is 2.24. The van der Waals surface area contributed by atoms with Crippen molar-refractivity contribution in [3.8, 4) is 0 Å². The number of nitrogens with one attached hydrogen (secondary N) is 1. The van der Waals surface area contributed by atoms with Crippen molar-refractivity contribution in [3.63, 3.8) is 0 Å². The largest absolute Gasteiger partial charge is 0.299 e. The number of aryl methyl sites for hydroxylation is 2. The third kappa shape index (κ3) is 2.46. The van der Waals surface area contributed by atoms with E-state index in [0.717, 1.165) is 42.5 Å². The second-order valence-electron chi connectivity index (χ2n) is 5.85. The van der Waals surface area contributed by atoms with Gasteiger partial charge in [-0.15, -0.1) is 0 Å². The lowest BCUT2D eigenvalue weighted by Crippen LogP contribution is -2.67. The van der Waals surface area contributed by atoms with Crippen LogP contribution in [-0.4, -0.2) is 64.4 Å². The third-order valence-corrected chi connectivity index (χ3v) is 5.17. The quantitative estimate of drug-likeness (QED) is 0.593. The summed E-state index contributed by atoms with van der Waals surface area (Å²) in [5.41, 5.74) is 4.94. The minimum atomic E-state index is 0.199. The molecular weight excluding hydrogens is 276 g/mol. The van der Waals surface area contributed by atoms with E-state index in [1.54, 1.807) is 0 Å². The Hall–Kier alpha value is -0.660. The molecule has 4 heterocycles. The van der Waals surface area contributed by atoms with Crippen LogP contribution in [0.1, 0.15) is 11.4 Å². The molecule has 0 aliphatic carbocycles. The second kappa shape index (κ2) is 5.61. The lowest BCUT2D eigenvalue weighted by Gasteiger charge is -2.50. The molecule has 6 nitrogen and oxygen atoms in total. The second-order valence-corrected chi connectivity index (χ2v) is 6.23. The summed E-state index contributed by atoms with van der Waals surface area (Å²) in [7, 11) is 1.94. The number of fused-ring (bicyclic) bond motifs is 3. The fourth-order valence-corrected chi connectivity index (χ4v) is 3.69. The van der Waals surface area contributed by atoms with Crippen LogP contribution in [0.2, 0.25) is 5.02 Å². The summed E-state index contributed by atoms with van der Waals surface area (Å²) in [6, 6.07) is 0.652. The van der Waals surface area contributed by atoms with Gasteiger partial charge < -0.3 is 0 Å². The number of rotatable bonds is 4. The molecule has 1 aromatic rings. The van der Waals surface area contributed by atoms with E-state index in [0.29, 0.717) is 6.04 Å². The van der Waals surface area contributed by atoms with Gasteiger partial charge in [0.2, 0.25) is 0 Å². The highest BCUT2D eigenvalue weighted by Gasteiger charge is 2.37. The lowest BCUT2D eigenvalue weighted by atomic mass is 9.96. The smallest absolute Gasteiger partial charge is 0.0847 e. The zero-order chi connectivity index (χ0) is 14.3. The van der Waals surface area contributed by atoms with Gasteiger partial charge in [0.05, 0.1) is 16.4 Å². The summed E-state index contributed by atoms with van der Waals surface area (Å²) in [5, 5.41) is 5.15. The van der Waals surface area contributed by atoms with Crippen LogP contribution >= 0.6 is 11.6 Å². The molecule has 0 aromatic carbocycles. The van der Waals surface area contributed by atoms with Crippen LogP contribution in [0.25, 0.3) is 0 Å². The van der Waals surface area contributed by atoms with E-state index in [1.165, 1.54) is 13.1 Å². The molecule has 3 fully saturated rings. The van der Waals surface area contributed by atoms with Gasteiger partial charge in [0, 0.05) is 58.3 Å². The highest BCUT2D eigenvalue weighted by atomic mass is 35.5. The van der Waals surface area contributed by atoms with Crippen LogP contribution in [0.3, 0.4) is 0 Å². The number of hydrazine groups is 1. The molecule has 112 valence electrons. The van der Waals surface area contributed by atoms with Crippen molar-refractivity contribution in [2.45, 2.75) is 25.4 Å². The van der Waals surface area contributed by atoms with Crippen LogP contribution in [-0.2, 0) is 13.5 Å². The molecule has 0 spiro atoms. The first-order chi connectivity index (χ1) is 9.60. The average Bonchev–Trinajstić information content (AvgIpc) is 2.71. The molecule has 3 aliphatic rings. The summed E-state index contributed by atoms with van der Waals surface area (Å²) < 4.78 is 1.87. The number of piperazine rings is 3. The molecular formula is C13H23ClN6. The van der Waals surface area contributed by atoms with Gasteiger partial charge in [-0.25, -0.2) is 0 Å². The molecule has 2 unspecified atom stereocenters. The Labute approximate surface area is 124 Å². The Balaban J connectivity index is 1.77. The van der Waals surface area contributed by atoms with Crippen molar-refractivity contribution in [1.82, 2.24) is 25.0 Å². The van der Waals surface area contributed by atoms with E-state index in [-0.39, 0.29) is 6.04 Å². The fraction of sp³-hybridized carbons (Fsp3) is 0.769. The maximum Gasteiger partial charge on any atom is 0.0847 e. The van der Waals surface area contributed by atoms with Gasteiger partial charge >= 0.3 is 0 Å². The van der Waals surface area contributed by atoms with E-state index in [9.17, 15) is 0 Å². The molecule has 3 saturated heterocycles. The monoisotopic (exact) mass is 298 g/mol. The molecule has 4 rings (SSSR count). The Kier molecular flexibility index (Phi) is 4.01. The Morgan fingerprint density at radius 3 is 2.55 bits per heavy atom. The maximum absolute atomic E-state index is 6.36. The maximum atomic E-state index is 6.36. The first-order valence-electron chi connectivity index (χ1n) is 7.20. The first-order valence-corrected chi connectivity index (χ1v) is 7.58. The molecule has 1 aromatic heterocycles. The summed E-state index contributed by atoms with van der Waals surface area (Å²) >= 11 is 6.36. The van der Waals surface area contributed by atoms with E-state index in [1.807, 2.05) is 18.7 Å². The van der Waals surface area contributed by atoms with Crippen LogP contribution in [0.4, 0.5) is 0 Å². The zero-order valence-electron chi connectivity index (χ0n) is 12.1.